The number of benzene rings is 1. The number of carboxylic acids is 1. The Hall–Kier alpha value is -1.49. The molecule has 2 unspecified atom stereocenters. The molecular formula is C16H21NO3S. The van der Waals surface area contributed by atoms with Crippen molar-refractivity contribution in [2.24, 2.45) is 5.41 Å². The molecule has 0 aliphatic carbocycles. The van der Waals surface area contributed by atoms with Crippen molar-refractivity contribution in [1.82, 2.24) is 5.32 Å². The number of carboxylic acid groups (broad SMARTS) is 1. The third-order valence-electron chi connectivity index (χ3n) is 3.76. The first-order valence-electron chi connectivity index (χ1n) is 7.03. The lowest BCUT2D eigenvalue weighted by Gasteiger charge is -2.31. The van der Waals surface area contributed by atoms with Crippen molar-refractivity contribution in [2.45, 2.75) is 44.0 Å². The Labute approximate surface area is 129 Å². The summed E-state index contributed by atoms with van der Waals surface area (Å²) in [7, 11) is 0. The number of hydrogen-bond acceptors (Lipinski definition) is 3. The zero-order valence-electron chi connectivity index (χ0n) is 12.6. The van der Waals surface area contributed by atoms with Gasteiger partial charge in [0.2, 0.25) is 5.91 Å². The number of fused-ring (bicyclic) bond motifs is 1. The molecule has 0 radical (unpaired) electrons. The molecule has 0 bridgehead atoms. The molecule has 1 aromatic rings. The quantitative estimate of drug-likeness (QED) is 0.897. The standard InChI is InChI=1S/C16H21NO3S/c1-16(2,3)13(8-14(18)19)17-15(20)11-9-21-12-7-5-4-6-10(11)12/h4-7,11,13H,8-9H2,1-3H3,(H,17,20)(H,18,19). The molecule has 1 aliphatic rings. The number of hydrogen-bond donors (Lipinski definition) is 2. The maximum absolute atomic E-state index is 12.5. The SMILES string of the molecule is CC(C)(C)C(CC(=O)O)NC(=O)C1CSc2ccccc21. The molecule has 1 heterocycles. The molecule has 2 atom stereocenters. The second-order valence-electron chi connectivity index (χ2n) is 6.43. The fourth-order valence-corrected chi connectivity index (χ4v) is 3.63. The summed E-state index contributed by atoms with van der Waals surface area (Å²) in [4.78, 5) is 24.7. The van der Waals surface area contributed by atoms with Crippen LogP contribution < -0.4 is 5.32 Å². The molecule has 0 aromatic heterocycles. The summed E-state index contributed by atoms with van der Waals surface area (Å²) in [5.74, 6) is -0.440. The highest BCUT2D eigenvalue weighted by Crippen LogP contribution is 2.39. The minimum atomic E-state index is -0.892. The molecular weight excluding hydrogens is 286 g/mol. The maximum atomic E-state index is 12.5. The van der Waals surface area contributed by atoms with Crippen LogP contribution in [0.4, 0.5) is 0 Å². The molecule has 1 amide bonds. The average molecular weight is 307 g/mol. The first-order chi connectivity index (χ1) is 9.79. The highest BCUT2D eigenvalue weighted by Gasteiger charge is 2.34. The van der Waals surface area contributed by atoms with Gasteiger partial charge in [-0.3, -0.25) is 9.59 Å². The highest BCUT2D eigenvalue weighted by atomic mass is 32.2. The lowest BCUT2D eigenvalue weighted by Crippen LogP contribution is -2.46. The Bertz CT molecular complexity index is 551. The van der Waals surface area contributed by atoms with E-state index in [1.807, 2.05) is 45.0 Å². The normalized spacial score (nSPS) is 18.9. The second kappa shape index (κ2) is 6.10. The lowest BCUT2D eigenvalue weighted by atomic mass is 9.84. The molecule has 114 valence electrons. The van der Waals surface area contributed by atoms with Crippen molar-refractivity contribution in [1.29, 1.82) is 0 Å². The van der Waals surface area contributed by atoms with Crippen LogP contribution in [0.1, 0.15) is 38.7 Å². The number of amides is 1. The van der Waals surface area contributed by atoms with Crippen molar-refractivity contribution >= 4 is 23.6 Å². The topological polar surface area (TPSA) is 66.4 Å². The summed E-state index contributed by atoms with van der Waals surface area (Å²) in [6, 6.07) is 7.52. The third kappa shape index (κ3) is 3.79. The third-order valence-corrected chi connectivity index (χ3v) is 4.94. The molecule has 0 saturated carbocycles. The van der Waals surface area contributed by atoms with Crippen molar-refractivity contribution in [3.63, 3.8) is 0 Å². The first-order valence-corrected chi connectivity index (χ1v) is 8.01. The highest BCUT2D eigenvalue weighted by molar-refractivity contribution is 7.99. The van der Waals surface area contributed by atoms with Gasteiger partial charge in [-0.2, -0.15) is 0 Å². The van der Waals surface area contributed by atoms with Gasteiger partial charge in [0.05, 0.1) is 12.3 Å². The Morgan fingerprint density at radius 1 is 1.38 bits per heavy atom. The minimum Gasteiger partial charge on any atom is -0.481 e. The van der Waals surface area contributed by atoms with Gasteiger partial charge in [-0.15, -0.1) is 11.8 Å². The molecule has 0 fully saturated rings. The van der Waals surface area contributed by atoms with E-state index in [4.69, 9.17) is 5.11 Å². The predicted octanol–water partition coefficient (Wildman–Crippen LogP) is 2.88. The van der Waals surface area contributed by atoms with Gasteiger partial charge in [0.25, 0.3) is 0 Å². The Morgan fingerprint density at radius 2 is 2.05 bits per heavy atom. The van der Waals surface area contributed by atoms with Crippen LogP contribution in [0.25, 0.3) is 0 Å². The fraction of sp³-hybridized carbons (Fsp3) is 0.500. The van der Waals surface area contributed by atoms with E-state index >= 15 is 0 Å². The molecule has 2 rings (SSSR count). The number of aliphatic carboxylic acids is 1. The van der Waals surface area contributed by atoms with Gasteiger partial charge in [0.15, 0.2) is 0 Å². The number of nitrogens with one attached hydrogen (secondary N) is 1. The number of carbonyl (C=O) groups is 2. The molecule has 21 heavy (non-hydrogen) atoms. The Balaban J connectivity index is 2.12. The van der Waals surface area contributed by atoms with Gasteiger partial charge in [0, 0.05) is 16.7 Å². The van der Waals surface area contributed by atoms with Crippen LogP contribution >= 0.6 is 11.8 Å². The molecule has 2 N–H and O–H groups in total. The Kier molecular flexibility index (Phi) is 4.61. The molecule has 4 nitrogen and oxygen atoms in total. The van der Waals surface area contributed by atoms with Crippen molar-refractivity contribution in [3.05, 3.63) is 29.8 Å². The summed E-state index contributed by atoms with van der Waals surface area (Å²) in [6.45, 7) is 5.83. The second-order valence-corrected chi connectivity index (χ2v) is 7.49. The molecule has 1 aliphatic heterocycles. The van der Waals surface area contributed by atoms with E-state index in [0.29, 0.717) is 0 Å². The molecule has 5 heteroatoms. The van der Waals surface area contributed by atoms with Gasteiger partial charge in [0.1, 0.15) is 0 Å². The van der Waals surface area contributed by atoms with E-state index in [1.165, 1.54) is 0 Å². The minimum absolute atomic E-state index is 0.0588. The van der Waals surface area contributed by atoms with Crippen LogP contribution in [0.2, 0.25) is 0 Å². The van der Waals surface area contributed by atoms with Crippen LogP contribution in [0.5, 0.6) is 0 Å². The van der Waals surface area contributed by atoms with Crippen LogP contribution in [-0.2, 0) is 9.59 Å². The van der Waals surface area contributed by atoms with E-state index in [1.54, 1.807) is 11.8 Å². The van der Waals surface area contributed by atoms with E-state index in [9.17, 15) is 9.59 Å². The molecule has 1 aromatic carbocycles. The van der Waals surface area contributed by atoms with Crippen LogP contribution in [0, 0.1) is 5.41 Å². The van der Waals surface area contributed by atoms with E-state index in [2.05, 4.69) is 5.32 Å². The van der Waals surface area contributed by atoms with Crippen LogP contribution in [0.15, 0.2) is 29.2 Å². The fourth-order valence-electron chi connectivity index (χ4n) is 2.40. The molecule has 0 spiro atoms. The van der Waals surface area contributed by atoms with Gasteiger partial charge in [-0.05, 0) is 17.0 Å². The average Bonchev–Trinajstić information content (AvgIpc) is 2.80. The van der Waals surface area contributed by atoms with E-state index < -0.39 is 5.97 Å². The number of rotatable bonds is 4. The van der Waals surface area contributed by atoms with Gasteiger partial charge in [-0.1, -0.05) is 39.0 Å². The van der Waals surface area contributed by atoms with Crippen LogP contribution in [0.3, 0.4) is 0 Å². The van der Waals surface area contributed by atoms with Gasteiger partial charge in [-0.25, -0.2) is 0 Å². The first kappa shape index (κ1) is 15.9. The van der Waals surface area contributed by atoms with Crippen LogP contribution in [-0.4, -0.2) is 28.8 Å². The van der Waals surface area contributed by atoms with Crippen molar-refractivity contribution in [2.75, 3.05) is 5.75 Å². The summed E-state index contributed by atoms with van der Waals surface area (Å²) in [5, 5.41) is 12.0. The lowest BCUT2D eigenvalue weighted by molar-refractivity contribution is -0.138. The number of thioether (sulfide) groups is 1. The summed E-state index contributed by atoms with van der Waals surface area (Å²) in [6.07, 6.45) is -0.0588. The number of carbonyl (C=O) groups excluding carboxylic acids is 1. The van der Waals surface area contributed by atoms with E-state index in [-0.39, 0.29) is 29.7 Å². The zero-order chi connectivity index (χ0) is 15.6. The van der Waals surface area contributed by atoms with Gasteiger partial charge >= 0.3 is 5.97 Å². The zero-order valence-corrected chi connectivity index (χ0v) is 13.4. The van der Waals surface area contributed by atoms with Crippen molar-refractivity contribution < 1.29 is 14.7 Å². The monoisotopic (exact) mass is 307 g/mol. The summed E-state index contributed by atoms with van der Waals surface area (Å²) >= 11 is 1.68. The summed E-state index contributed by atoms with van der Waals surface area (Å²) in [5.41, 5.74) is 0.752. The van der Waals surface area contributed by atoms with Crippen molar-refractivity contribution in [3.8, 4) is 0 Å². The maximum Gasteiger partial charge on any atom is 0.305 e. The smallest absolute Gasteiger partial charge is 0.305 e. The molecule has 0 saturated heterocycles. The van der Waals surface area contributed by atoms with Gasteiger partial charge < -0.3 is 10.4 Å². The summed E-state index contributed by atoms with van der Waals surface area (Å²) < 4.78 is 0. The van der Waals surface area contributed by atoms with E-state index in [0.717, 1.165) is 16.2 Å². The predicted molar refractivity (Wildman–Crippen MR) is 83.5 cm³/mol. The largest absolute Gasteiger partial charge is 0.481 e. The Morgan fingerprint density at radius 3 is 2.67 bits per heavy atom.